The smallest absolute Gasteiger partial charge is 0.312 e. The van der Waals surface area contributed by atoms with Crippen molar-refractivity contribution >= 4 is 27.4 Å². The fourth-order valence-electron chi connectivity index (χ4n) is 1.60. The van der Waals surface area contributed by atoms with Crippen molar-refractivity contribution in [1.29, 1.82) is 0 Å². The predicted octanol–water partition coefficient (Wildman–Crippen LogP) is 3.37. The van der Waals surface area contributed by atoms with Crippen molar-refractivity contribution in [3.05, 3.63) is 56.7 Å². The average Bonchev–Trinajstić information content (AvgIpc) is 2.46. The number of para-hydroxylation sites is 1. The van der Waals surface area contributed by atoms with Gasteiger partial charge in [0.1, 0.15) is 12.4 Å². The van der Waals surface area contributed by atoms with Crippen molar-refractivity contribution in [2.24, 2.45) is 0 Å². The van der Waals surface area contributed by atoms with Gasteiger partial charge in [-0.2, -0.15) is 0 Å². The Balaban J connectivity index is 2.16. The molecule has 0 aliphatic rings. The van der Waals surface area contributed by atoms with Gasteiger partial charge in [0.25, 0.3) is 0 Å². The lowest BCUT2D eigenvalue weighted by Crippen LogP contribution is -2.01. The lowest BCUT2D eigenvalue weighted by molar-refractivity contribution is -0.386. The monoisotopic (exact) mass is 337 g/mol. The number of nitro benzene ring substituents is 1. The Labute approximate surface area is 124 Å². The molecule has 0 unspecified atom stereocenters. The van der Waals surface area contributed by atoms with Crippen molar-refractivity contribution in [3.63, 3.8) is 0 Å². The zero-order chi connectivity index (χ0) is 14.5. The number of benzene rings is 1. The van der Waals surface area contributed by atoms with Gasteiger partial charge in [-0.15, -0.1) is 0 Å². The van der Waals surface area contributed by atoms with E-state index in [4.69, 9.17) is 4.74 Å². The van der Waals surface area contributed by atoms with E-state index >= 15 is 0 Å². The molecule has 2 aromatic rings. The van der Waals surface area contributed by atoms with Gasteiger partial charge in [-0.3, -0.25) is 10.1 Å². The van der Waals surface area contributed by atoms with Crippen LogP contribution in [0.5, 0.6) is 5.75 Å². The third-order valence-corrected chi connectivity index (χ3v) is 3.23. The van der Waals surface area contributed by atoms with Crippen LogP contribution in [0.4, 0.5) is 11.5 Å². The number of halogens is 1. The summed E-state index contributed by atoms with van der Waals surface area (Å²) in [4.78, 5) is 14.6. The van der Waals surface area contributed by atoms with Crippen LogP contribution in [0.1, 0.15) is 5.56 Å². The summed E-state index contributed by atoms with van der Waals surface area (Å²) in [5.41, 5.74) is 0.758. The van der Waals surface area contributed by atoms with Crippen LogP contribution in [0.15, 0.2) is 41.0 Å². The van der Waals surface area contributed by atoms with Crippen LogP contribution in [0.25, 0.3) is 0 Å². The molecule has 0 aliphatic heterocycles. The molecule has 0 radical (unpaired) electrons. The van der Waals surface area contributed by atoms with E-state index in [1.807, 2.05) is 12.1 Å². The molecule has 1 N–H and O–H groups in total. The van der Waals surface area contributed by atoms with Gasteiger partial charge in [0.15, 0.2) is 0 Å². The predicted molar refractivity (Wildman–Crippen MR) is 78.9 cm³/mol. The highest BCUT2D eigenvalue weighted by Gasteiger charge is 2.17. The van der Waals surface area contributed by atoms with Gasteiger partial charge in [-0.25, -0.2) is 4.98 Å². The van der Waals surface area contributed by atoms with E-state index in [-0.39, 0.29) is 18.0 Å². The number of nitrogens with zero attached hydrogens (tertiary/aromatic N) is 2. The lowest BCUT2D eigenvalue weighted by Gasteiger charge is -2.08. The maximum atomic E-state index is 11.0. The number of aromatic nitrogens is 1. The number of rotatable bonds is 5. The van der Waals surface area contributed by atoms with E-state index in [1.54, 1.807) is 25.4 Å². The largest absolute Gasteiger partial charge is 0.481 e. The fraction of sp³-hybridized carbons (Fsp3) is 0.154. The molecule has 0 amide bonds. The normalized spacial score (nSPS) is 10.1. The topological polar surface area (TPSA) is 77.3 Å². The van der Waals surface area contributed by atoms with E-state index in [0.29, 0.717) is 4.47 Å². The Bertz CT molecular complexity index is 617. The molecule has 0 aliphatic carbocycles. The summed E-state index contributed by atoms with van der Waals surface area (Å²) < 4.78 is 6.09. The highest BCUT2D eigenvalue weighted by Crippen LogP contribution is 2.35. The van der Waals surface area contributed by atoms with E-state index in [2.05, 4.69) is 26.2 Å². The van der Waals surface area contributed by atoms with Crippen LogP contribution in [0.2, 0.25) is 0 Å². The highest BCUT2D eigenvalue weighted by molar-refractivity contribution is 9.10. The van der Waals surface area contributed by atoms with Crippen molar-refractivity contribution in [3.8, 4) is 5.75 Å². The standard InChI is InChI=1S/C13H12BrN3O3/c1-15-12-6-5-9(7-16-12)8-20-13-10(14)3-2-4-11(13)17(18)19/h2-7H,8H2,1H3,(H,15,16). The minimum atomic E-state index is -0.470. The molecule has 1 aromatic carbocycles. The lowest BCUT2D eigenvalue weighted by atomic mass is 10.3. The first-order valence-electron chi connectivity index (χ1n) is 5.80. The Hall–Kier alpha value is -2.15. The zero-order valence-electron chi connectivity index (χ0n) is 10.7. The average molecular weight is 338 g/mol. The number of ether oxygens (including phenoxy) is 1. The maximum Gasteiger partial charge on any atom is 0.312 e. The molecule has 0 fully saturated rings. The minimum absolute atomic E-state index is 0.0702. The highest BCUT2D eigenvalue weighted by atomic mass is 79.9. The third kappa shape index (κ3) is 3.24. The quantitative estimate of drug-likeness (QED) is 0.668. The van der Waals surface area contributed by atoms with Gasteiger partial charge < -0.3 is 10.1 Å². The molecule has 0 bridgehead atoms. The first-order valence-corrected chi connectivity index (χ1v) is 6.59. The summed E-state index contributed by atoms with van der Waals surface area (Å²) in [5.74, 6) is 0.968. The Morgan fingerprint density at radius 1 is 1.40 bits per heavy atom. The number of hydrogen-bond acceptors (Lipinski definition) is 5. The summed E-state index contributed by atoms with van der Waals surface area (Å²) in [7, 11) is 1.78. The number of nitrogens with one attached hydrogen (secondary N) is 1. The number of anilines is 1. The summed E-state index contributed by atoms with van der Waals surface area (Å²) in [6.07, 6.45) is 1.66. The second-order valence-corrected chi connectivity index (χ2v) is 4.79. The molecular weight excluding hydrogens is 326 g/mol. The summed E-state index contributed by atoms with van der Waals surface area (Å²) in [5, 5.41) is 13.9. The number of hydrogen-bond donors (Lipinski definition) is 1. The summed E-state index contributed by atoms with van der Waals surface area (Å²) >= 11 is 3.26. The molecule has 1 heterocycles. The van der Waals surface area contributed by atoms with E-state index < -0.39 is 4.92 Å². The van der Waals surface area contributed by atoms with Gasteiger partial charge in [-0.05, 0) is 28.1 Å². The first kappa shape index (κ1) is 14.3. The van der Waals surface area contributed by atoms with E-state index in [0.717, 1.165) is 11.4 Å². The van der Waals surface area contributed by atoms with Crippen molar-refractivity contribution < 1.29 is 9.66 Å². The second kappa shape index (κ2) is 6.33. The zero-order valence-corrected chi connectivity index (χ0v) is 12.3. The molecule has 0 saturated heterocycles. The molecule has 7 heteroatoms. The molecule has 1 aromatic heterocycles. The van der Waals surface area contributed by atoms with Crippen molar-refractivity contribution in [1.82, 2.24) is 4.98 Å². The van der Waals surface area contributed by atoms with Crippen molar-refractivity contribution in [2.45, 2.75) is 6.61 Å². The summed E-state index contributed by atoms with van der Waals surface area (Å²) in [6, 6.07) is 8.36. The summed E-state index contributed by atoms with van der Waals surface area (Å²) in [6.45, 7) is 0.209. The van der Waals surface area contributed by atoms with Crippen LogP contribution in [0.3, 0.4) is 0 Å². The maximum absolute atomic E-state index is 11.0. The Morgan fingerprint density at radius 3 is 2.80 bits per heavy atom. The van der Waals surface area contributed by atoms with Gasteiger partial charge in [0, 0.05) is 24.9 Å². The molecule has 0 atom stereocenters. The van der Waals surface area contributed by atoms with E-state index in [1.165, 1.54) is 6.07 Å². The molecule has 0 spiro atoms. The SMILES string of the molecule is CNc1ccc(COc2c(Br)cccc2[N+](=O)[O-])cn1. The Kier molecular flexibility index (Phi) is 4.52. The Morgan fingerprint density at radius 2 is 2.20 bits per heavy atom. The molecule has 6 nitrogen and oxygen atoms in total. The van der Waals surface area contributed by atoms with Crippen LogP contribution in [-0.4, -0.2) is 17.0 Å². The molecule has 0 saturated carbocycles. The molecule has 104 valence electrons. The molecule has 2 rings (SSSR count). The van der Waals surface area contributed by atoms with Crippen LogP contribution in [0, 0.1) is 10.1 Å². The number of nitro groups is 1. The van der Waals surface area contributed by atoms with Crippen LogP contribution < -0.4 is 10.1 Å². The second-order valence-electron chi connectivity index (χ2n) is 3.94. The van der Waals surface area contributed by atoms with Gasteiger partial charge in [0.05, 0.1) is 9.40 Å². The van der Waals surface area contributed by atoms with Gasteiger partial charge in [-0.1, -0.05) is 12.1 Å². The fourth-order valence-corrected chi connectivity index (χ4v) is 2.07. The third-order valence-electron chi connectivity index (χ3n) is 2.61. The molecular formula is C13H12BrN3O3. The minimum Gasteiger partial charge on any atom is -0.481 e. The first-order chi connectivity index (χ1) is 9.61. The van der Waals surface area contributed by atoms with Crippen molar-refractivity contribution in [2.75, 3.05) is 12.4 Å². The van der Waals surface area contributed by atoms with Gasteiger partial charge in [0.2, 0.25) is 5.75 Å². The van der Waals surface area contributed by atoms with Crippen LogP contribution in [-0.2, 0) is 6.61 Å². The van der Waals surface area contributed by atoms with E-state index in [9.17, 15) is 10.1 Å². The van der Waals surface area contributed by atoms with Gasteiger partial charge >= 0.3 is 5.69 Å². The number of pyridine rings is 1. The van der Waals surface area contributed by atoms with Crippen LogP contribution >= 0.6 is 15.9 Å². The molecule has 20 heavy (non-hydrogen) atoms.